The molecule has 0 fully saturated rings. The predicted molar refractivity (Wildman–Crippen MR) is 132 cm³/mol. The zero-order valence-corrected chi connectivity index (χ0v) is 18.9. The number of nitrogens with one attached hydrogen (secondary N) is 1. The van der Waals surface area contributed by atoms with E-state index in [1.807, 2.05) is 49.4 Å². The van der Waals surface area contributed by atoms with E-state index in [1.165, 1.54) is 0 Å². The van der Waals surface area contributed by atoms with E-state index in [0.717, 1.165) is 22.0 Å². The molecule has 0 aliphatic rings. The van der Waals surface area contributed by atoms with Gasteiger partial charge in [0.15, 0.2) is 0 Å². The van der Waals surface area contributed by atoms with Crippen LogP contribution in [0.2, 0.25) is 0 Å². The lowest BCUT2D eigenvalue weighted by atomic mass is 10.1. The molecule has 3 aromatic carbocycles. The number of fused-ring (bicyclic) bond motifs is 2. The summed E-state index contributed by atoms with van der Waals surface area (Å²) in [6.07, 6.45) is -0.325. The number of hydrogen-bond donors (Lipinski definition) is 2. The van der Waals surface area contributed by atoms with Crippen molar-refractivity contribution in [1.82, 2.24) is 9.55 Å². The molecule has 0 amide bonds. The van der Waals surface area contributed by atoms with Gasteiger partial charge in [-0.15, -0.1) is 0 Å². The smallest absolute Gasteiger partial charge is 0.307 e. The van der Waals surface area contributed by atoms with Gasteiger partial charge in [-0.1, -0.05) is 36.4 Å². The molecule has 6 nitrogen and oxygen atoms in total. The molecule has 5 aromatic rings. The van der Waals surface area contributed by atoms with Gasteiger partial charge < -0.3 is 14.8 Å². The summed E-state index contributed by atoms with van der Waals surface area (Å²) < 4.78 is 7.69. The Kier molecular flexibility index (Phi) is 5.42. The quantitative estimate of drug-likeness (QED) is 0.337. The number of rotatable bonds is 6. The zero-order valence-electron chi connectivity index (χ0n) is 18.9. The molecule has 2 heterocycles. The molecule has 0 radical (unpaired) electrons. The summed E-state index contributed by atoms with van der Waals surface area (Å²) in [7, 11) is 0. The number of H-pyrrole nitrogens is 1. The summed E-state index contributed by atoms with van der Waals surface area (Å²) in [6, 6.07) is 24.6. The minimum Gasteiger partial charge on any atom is -0.485 e. The van der Waals surface area contributed by atoms with E-state index >= 15 is 0 Å². The van der Waals surface area contributed by atoms with Crippen LogP contribution in [0.15, 0.2) is 78.9 Å². The lowest BCUT2D eigenvalue weighted by Gasteiger charge is -2.14. The number of para-hydroxylation sites is 2. The third kappa shape index (κ3) is 3.83. The number of carboxylic acid groups (broad SMARTS) is 1. The van der Waals surface area contributed by atoms with Gasteiger partial charge in [-0.25, -0.2) is 0 Å². The van der Waals surface area contributed by atoms with Crippen LogP contribution < -0.4 is 4.74 Å². The van der Waals surface area contributed by atoms with Crippen molar-refractivity contribution in [2.45, 2.75) is 26.4 Å². The number of aromatic amines is 1. The van der Waals surface area contributed by atoms with E-state index in [2.05, 4.69) is 17.1 Å². The van der Waals surface area contributed by atoms with Crippen LogP contribution in [-0.4, -0.2) is 26.5 Å². The van der Waals surface area contributed by atoms with Gasteiger partial charge in [0.05, 0.1) is 17.6 Å². The molecule has 1 atom stereocenters. The average molecular weight is 453 g/mol. The van der Waals surface area contributed by atoms with Gasteiger partial charge in [-0.2, -0.15) is 0 Å². The monoisotopic (exact) mass is 452 g/mol. The second-order valence-electron chi connectivity index (χ2n) is 8.39. The van der Waals surface area contributed by atoms with E-state index in [4.69, 9.17) is 4.74 Å². The van der Waals surface area contributed by atoms with Crippen LogP contribution in [-0.2, 0) is 11.2 Å². The fraction of sp³-hybridized carbons (Fsp3) is 0.143. The number of carbonyl (C=O) groups is 2. The van der Waals surface area contributed by atoms with Crippen molar-refractivity contribution in [2.75, 3.05) is 0 Å². The van der Waals surface area contributed by atoms with E-state index in [-0.39, 0.29) is 18.4 Å². The molecule has 0 bridgehead atoms. The van der Waals surface area contributed by atoms with Gasteiger partial charge in [0.2, 0.25) is 0 Å². The molecular formula is C28H24N2O4. The van der Waals surface area contributed by atoms with Crippen molar-refractivity contribution in [1.29, 1.82) is 0 Å². The Hall–Kier alpha value is -4.32. The average Bonchev–Trinajstić information content (AvgIpc) is 3.38. The molecule has 0 aliphatic heterocycles. The van der Waals surface area contributed by atoms with Gasteiger partial charge >= 0.3 is 5.97 Å². The maximum Gasteiger partial charge on any atom is 0.307 e. The number of carbonyl (C=O) groups excluding carboxylic acids is 1. The minimum absolute atomic E-state index is 0.134. The summed E-state index contributed by atoms with van der Waals surface area (Å²) in [6.45, 7) is 3.76. The maximum atomic E-state index is 13.4. The zero-order chi connectivity index (χ0) is 23.8. The summed E-state index contributed by atoms with van der Waals surface area (Å²) in [5.41, 5.74) is 4.53. The Morgan fingerprint density at radius 2 is 1.71 bits per heavy atom. The highest BCUT2D eigenvalue weighted by Gasteiger charge is 2.21. The second kappa shape index (κ2) is 8.56. The SMILES string of the molecule is Cc1c(CC(=O)O)c2ccccc2n1C(=O)c1ccc(OC(C)c2cc3ccccc3[nH]2)cc1. The Labute approximate surface area is 196 Å². The Balaban J connectivity index is 1.40. The fourth-order valence-corrected chi connectivity index (χ4v) is 4.46. The highest BCUT2D eigenvalue weighted by Crippen LogP contribution is 2.29. The number of carboxylic acids is 1. The van der Waals surface area contributed by atoms with Gasteiger partial charge in [0.1, 0.15) is 11.9 Å². The first kappa shape index (κ1) is 21.5. The van der Waals surface area contributed by atoms with Crippen molar-refractivity contribution in [3.8, 4) is 5.75 Å². The molecule has 0 aliphatic carbocycles. The molecule has 2 N–H and O–H groups in total. The highest BCUT2D eigenvalue weighted by atomic mass is 16.5. The lowest BCUT2D eigenvalue weighted by Crippen LogP contribution is -2.14. The van der Waals surface area contributed by atoms with Crippen LogP contribution in [0, 0.1) is 6.92 Å². The van der Waals surface area contributed by atoms with E-state index in [9.17, 15) is 14.7 Å². The van der Waals surface area contributed by atoms with Crippen LogP contribution in [0.4, 0.5) is 0 Å². The number of hydrogen-bond acceptors (Lipinski definition) is 3. The summed E-state index contributed by atoms with van der Waals surface area (Å²) in [4.78, 5) is 28.2. The van der Waals surface area contributed by atoms with Gasteiger partial charge in [0, 0.05) is 22.2 Å². The normalized spacial score (nSPS) is 12.2. The van der Waals surface area contributed by atoms with E-state index < -0.39 is 5.97 Å². The maximum absolute atomic E-state index is 13.4. The van der Waals surface area contributed by atoms with Crippen LogP contribution >= 0.6 is 0 Å². The van der Waals surface area contributed by atoms with E-state index in [1.54, 1.807) is 35.8 Å². The number of aliphatic carboxylic acids is 1. The van der Waals surface area contributed by atoms with Gasteiger partial charge in [-0.3, -0.25) is 14.2 Å². The molecular weight excluding hydrogens is 428 g/mol. The van der Waals surface area contributed by atoms with Crippen molar-refractivity contribution in [2.24, 2.45) is 0 Å². The number of aromatic nitrogens is 2. The van der Waals surface area contributed by atoms with Gasteiger partial charge in [-0.05, 0) is 67.3 Å². The largest absolute Gasteiger partial charge is 0.485 e. The lowest BCUT2D eigenvalue weighted by molar-refractivity contribution is -0.136. The Bertz CT molecular complexity index is 1490. The molecule has 1 unspecified atom stereocenters. The molecule has 0 saturated carbocycles. The first-order valence-corrected chi connectivity index (χ1v) is 11.1. The third-order valence-electron chi connectivity index (χ3n) is 6.18. The van der Waals surface area contributed by atoms with Crippen molar-refractivity contribution in [3.63, 3.8) is 0 Å². The third-order valence-corrected chi connectivity index (χ3v) is 6.18. The standard InChI is InChI=1S/C28H24N2O4/c1-17-23(16-27(31)32)22-8-4-6-10-26(22)30(17)28(33)19-11-13-21(14-12-19)34-18(2)25-15-20-7-3-5-9-24(20)29-25/h3-15,18,29H,16H2,1-2H3,(H,31,32). The topological polar surface area (TPSA) is 84.3 Å². The molecule has 0 saturated heterocycles. The Morgan fingerprint density at radius 1 is 1.00 bits per heavy atom. The summed E-state index contributed by atoms with van der Waals surface area (Å²) in [5.74, 6) is -0.479. The van der Waals surface area contributed by atoms with Crippen LogP contribution in [0.1, 0.15) is 40.3 Å². The first-order chi connectivity index (χ1) is 16.4. The van der Waals surface area contributed by atoms with Crippen LogP contribution in [0.5, 0.6) is 5.75 Å². The molecule has 0 spiro atoms. The fourth-order valence-electron chi connectivity index (χ4n) is 4.46. The number of benzene rings is 3. The second-order valence-corrected chi connectivity index (χ2v) is 8.39. The number of ether oxygens (including phenoxy) is 1. The van der Waals surface area contributed by atoms with Crippen molar-refractivity contribution < 1.29 is 19.4 Å². The number of nitrogens with zero attached hydrogens (tertiary/aromatic N) is 1. The summed E-state index contributed by atoms with van der Waals surface area (Å²) in [5, 5.41) is 11.2. The van der Waals surface area contributed by atoms with Gasteiger partial charge in [0.25, 0.3) is 5.91 Å². The first-order valence-electron chi connectivity index (χ1n) is 11.1. The predicted octanol–water partition coefficient (Wildman–Crippen LogP) is 5.89. The minimum atomic E-state index is -0.927. The van der Waals surface area contributed by atoms with Crippen LogP contribution in [0.25, 0.3) is 21.8 Å². The van der Waals surface area contributed by atoms with Crippen LogP contribution in [0.3, 0.4) is 0 Å². The Morgan fingerprint density at radius 3 is 2.44 bits per heavy atom. The molecule has 2 aromatic heterocycles. The summed E-state index contributed by atoms with van der Waals surface area (Å²) >= 11 is 0. The highest BCUT2D eigenvalue weighted by molar-refractivity contribution is 6.04. The van der Waals surface area contributed by atoms with Crippen molar-refractivity contribution in [3.05, 3.63) is 101 Å². The molecule has 5 rings (SSSR count). The molecule has 170 valence electrons. The van der Waals surface area contributed by atoms with E-state index in [0.29, 0.717) is 28.1 Å². The molecule has 34 heavy (non-hydrogen) atoms. The molecule has 6 heteroatoms. The van der Waals surface area contributed by atoms with Crippen molar-refractivity contribution >= 4 is 33.7 Å².